The van der Waals surface area contributed by atoms with Gasteiger partial charge in [-0.15, -0.1) is 0 Å². The normalized spacial score (nSPS) is 14.1. The van der Waals surface area contributed by atoms with Gasteiger partial charge in [0.1, 0.15) is 0 Å². The van der Waals surface area contributed by atoms with E-state index in [9.17, 15) is 0 Å². The Morgan fingerprint density at radius 2 is 1.24 bits per heavy atom. The predicted octanol–water partition coefficient (Wildman–Crippen LogP) is 6.14. The third-order valence-corrected chi connectivity index (χ3v) is 11.1. The molecule has 6 aromatic rings. The lowest BCUT2D eigenvalue weighted by Gasteiger charge is -2.19. The van der Waals surface area contributed by atoms with Gasteiger partial charge < -0.3 is 9.13 Å². The Morgan fingerprint density at radius 3 is 2.00 bits per heavy atom. The number of para-hydroxylation sites is 1. The van der Waals surface area contributed by atoms with Crippen LogP contribution < -0.4 is 10.4 Å². The van der Waals surface area contributed by atoms with E-state index in [1.165, 1.54) is 79.4 Å². The molecule has 0 amide bonds. The van der Waals surface area contributed by atoms with Gasteiger partial charge in [0.05, 0.1) is 24.6 Å². The SMILES string of the molecule is C[Si](C)(C)c1ccc(-n2c3c(c4cc5c(cc42)c2ccccc2n5-c2ccc([SiH3])cc2)CCCC3)cc1. The van der Waals surface area contributed by atoms with Crippen LogP contribution >= 0.6 is 0 Å². The van der Waals surface area contributed by atoms with E-state index >= 15 is 0 Å². The molecule has 37 heavy (non-hydrogen) atoms. The third-order valence-electron chi connectivity index (χ3n) is 8.35. The van der Waals surface area contributed by atoms with Gasteiger partial charge in [0.15, 0.2) is 0 Å². The number of aromatic nitrogens is 2. The maximum Gasteiger partial charge on any atom is 0.0775 e. The summed E-state index contributed by atoms with van der Waals surface area (Å²) < 4.78 is 5.06. The Labute approximate surface area is 223 Å². The summed E-state index contributed by atoms with van der Waals surface area (Å²) in [5.74, 6) is 0. The summed E-state index contributed by atoms with van der Waals surface area (Å²) in [5.41, 5.74) is 9.59. The fraction of sp³-hybridized carbons (Fsp3) is 0.212. The Bertz CT molecular complexity index is 1800. The van der Waals surface area contributed by atoms with Crippen molar-refractivity contribution in [1.29, 1.82) is 0 Å². The van der Waals surface area contributed by atoms with E-state index in [1.807, 2.05) is 0 Å². The summed E-state index contributed by atoms with van der Waals surface area (Å²) in [7, 11) is -0.254. The highest BCUT2D eigenvalue weighted by atomic mass is 28.3. The zero-order chi connectivity index (χ0) is 25.3. The zero-order valence-electron chi connectivity index (χ0n) is 22.3. The van der Waals surface area contributed by atoms with Crippen LogP contribution in [0.3, 0.4) is 0 Å². The van der Waals surface area contributed by atoms with Crippen LogP contribution in [0.25, 0.3) is 44.1 Å². The molecule has 0 saturated carbocycles. The van der Waals surface area contributed by atoms with E-state index < -0.39 is 8.07 Å². The van der Waals surface area contributed by atoms with Crippen LogP contribution in [-0.2, 0) is 12.8 Å². The Morgan fingerprint density at radius 1 is 0.622 bits per heavy atom. The first-order valence-corrected chi connectivity index (χ1v) is 18.2. The van der Waals surface area contributed by atoms with Crippen LogP contribution in [-0.4, -0.2) is 27.5 Å². The molecule has 2 nitrogen and oxygen atoms in total. The number of nitrogens with zero attached hydrogens (tertiary/aromatic N) is 2. The van der Waals surface area contributed by atoms with Gasteiger partial charge in [-0.25, -0.2) is 0 Å². The minimum absolute atomic E-state index is 1.08. The summed E-state index contributed by atoms with van der Waals surface area (Å²) in [5, 5.41) is 7.05. The molecule has 0 bridgehead atoms. The molecule has 0 spiro atoms. The van der Waals surface area contributed by atoms with Crippen molar-refractivity contribution in [2.24, 2.45) is 0 Å². The topological polar surface area (TPSA) is 9.86 Å². The van der Waals surface area contributed by atoms with E-state index in [0.717, 1.165) is 16.7 Å². The molecule has 0 atom stereocenters. The second-order valence-electron chi connectivity index (χ2n) is 11.8. The molecule has 1 aliphatic rings. The lowest BCUT2D eigenvalue weighted by molar-refractivity contribution is 0.667. The van der Waals surface area contributed by atoms with Gasteiger partial charge >= 0.3 is 0 Å². The molecular formula is C33H34N2Si2. The Hall–Kier alpha value is -3.35. The quantitative estimate of drug-likeness (QED) is 0.251. The van der Waals surface area contributed by atoms with Gasteiger partial charge in [-0.05, 0) is 73.7 Å². The minimum Gasteiger partial charge on any atom is -0.313 e. The largest absolute Gasteiger partial charge is 0.313 e. The summed E-state index contributed by atoms with van der Waals surface area (Å²) in [4.78, 5) is 0. The van der Waals surface area contributed by atoms with Crippen molar-refractivity contribution in [2.75, 3.05) is 0 Å². The fourth-order valence-electron chi connectivity index (χ4n) is 6.38. The van der Waals surface area contributed by atoms with E-state index in [-0.39, 0.29) is 0 Å². The number of benzene rings is 4. The summed E-state index contributed by atoms with van der Waals surface area (Å²) in [6.07, 6.45) is 4.89. The highest BCUT2D eigenvalue weighted by Gasteiger charge is 2.24. The first kappa shape index (κ1) is 22.8. The van der Waals surface area contributed by atoms with Crippen molar-refractivity contribution in [2.45, 2.75) is 45.3 Å². The summed E-state index contributed by atoms with van der Waals surface area (Å²) >= 11 is 0. The van der Waals surface area contributed by atoms with Crippen molar-refractivity contribution in [1.82, 2.24) is 9.13 Å². The van der Waals surface area contributed by atoms with Gasteiger partial charge in [-0.1, -0.05) is 72.5 Å². The minimum atomic E-state index is -1.33. The third kappa shape index (κ3) is 3.57. The van der Waals surface area contributed by atoms with Crippen LogP contribution in [0.5, 0.6) is 0 Å². The lowest BCUT2D eigenvalue weighted by atomic mass is 9.95. The van der Waals surface area contributed by atoms with Crippen molar-refractivity contribution < 1.29 is 0 Å². The number of rotatable bonds is 3. The zero-order valence-corrected chi connectivity index (χ0v) is 25.3. The number of aryl methyl sites for hydroxylation is 1. The first-order valence-electron chi connectivity index (χ1n) is 13.7. The van der Waals surface area contributed by atoms with Gasteiger partial charge in [0, 0.05) is 43.5 Å². The summed E-state index contributed by atoms with van der Waals surface area (Å²) in [6, 6.07) is 32.5. The van der Waals surface area contributed by atoms with Gasteiger partial charge in [0.25, 0.3) is 0 Å². The number of hydrogen-bond acceptors (Lipinski definition) is 0. The van der Waals surface area contributed by atoms with Crippen LogP contribution in [0, 0.1) is 0 Å². The Kier molecular flexibility index (Phi) is 5.14. The van der Waals surface area contributed by atoms with Gasteiger partial charge in [-0.2, -0.15) is 0 Å². The lowest BCUT2D eigenvalue weighted by Crippen LogP contribution is -2.37. The van der Waals surface area contributed by atoms with Crippen molar-refractivity contribution in [3.63, 3.8) is 0 Å². The highest BCUT2D eigenvalue weighted by molar-refractivity contribution is 6.88. The molecule has 4 aromatic carbocycles. The van der Waals surface area contributed by atoms with Crippen LogP contribution in [0.1, 0.15) is 24.1 Å². The molecule has 184 valence electrons. The van der Waals surface area contributed by atoms with Gasteiger partial charge in [-0.3, -0.25) is 0 Å². The van der Waals surface area contributed by atoms with E-state index in [4.69, 9.17) is 0 Å². The average molecular weight is 515 g/mol. The molecule has 0 N–H and O–H groups in total. The maximum atomic E-state index is 2.58. The molecular weight excluding hydrogens is 481 g/mol. The molecule has 0 fully saturated rings. The maximum absolute atomic E-state index is 2.58. The summed E-state index contributed by atoms with van der Waals surface area (Å²) in [6.45, 7) is 7.28. The Balaban J connectivity index is 1.55. The second-order valence-corrected chi connectivity index (χ2v) is 18.1. The van der Waals surface area contributed by atoms with Crippen molar-refractivity contribution in [3.8, 4) is 11.4 Å². The molecule has 0 unspecified atom stereocenters. The molecule has 0 saturated heterocycles. The van der Waals surface area contributed by atoms with Gasteiger partial charge in [0.2, 0.25) is 0 Å². The monoisotopic (exact) mass is 514 g/mol. The molecule has 0 aliphatic heterocycles. The smallest absolute Gasteiger partial charge is 0.0775 e. The fourth-order valence-corrected chi connectivity index (χ4v) is 7.88. The number of fused-ring (bicyclic) bond motifs is 6. The molecule has 7 rings (SSSR count). The van der Waals surface area contributed by atoms with E-state index in [1.54, 1.807) is 5.56 Å². The van der Waals surface area contributed by atoms with E-state index in [2.05, 4.69) is 114 Å². The average Bonchev–Trinajstić information content (AvgIpc) is 3.40. The highest BCUT2D eigenvalue weighted by Crippen LogP contribution is 2.40. The van der Waals surface area contributed by atoms with E-state index in [0.29, 0.717) is 0 Å². The van der Waals surface area contributed by atoms with Crippen LogP contribution in [0.4, 0.5) is 0 Å². The standard InChI is InChI=1S/C33H34N2Si2/c1-37(2,3)25-18-14-23(15-19-25)35-31-11-7-5-9-27(31)29-20-32-28(21-33(29)35)26-8-4-6-10-30(26)34(32)22-12-16-24(36)17-13-22/h4,6,8,10,12-21H,5,7,9,11H2,1-3,36H3. The second kappa shape index (κ2) is 8.33. The first-order chi connectivity index (χ1) is 17.9. The van der Waals surface area contributed by atoms with Crippen molar-refractivity contribution in [3.05, 3.63) is 96.2 Å². The molecule has 4 heteroatoms. The molecule has 0 radical (unpaired) electrons. The van der Waals surface area contributed by atoms with Crippen LogP contribution in [0.2, 0.25) is 19.6 Å². The predicted molar refractivity (Wildman–Crippen MR) is 167 cm³/mol. The molecule has 2 heterocycles. The number of hydrogen-bond donors (Lipinski definition) is 0. The molecule has 1 aliphatic carbocycles. The van der Waals surface area contributed by atoms with Crippen molar-refractivity contribution >= 4 is 61.4 Å². The molecule has 2 aromatic heterocycles. The van der Waals surface area contributed by atoms with Crippen LogP contribution in [0.15, 0.2) is 84.9 Å².